The van der Waals surface area contributed by atoms with Gasteiger partial charge in [-0.2, -0.15) is 5.01 Å². The smallest absolute Gasteiger partial charge is 0.344 e. The summed E-state index contributed by atoms with van der Waals surface area (Å²) >= 11 is 1.35. The van der Waals surface area contributed by atoms with Gasteiger partial charge < -0.3 is 9.73 Å². The van der Waals surface area contributed by atoms with Crippen LogP contribution in [-0.4, -0.2) is 28.6 Å². The summed E-state index contributed by atoms with van der Waals surface area (Å²) in [5.41, 5.74) is 3.25. The molecule has 1 aromatic carbocycles. The van der Waals surface area contributed by atoms with Crippen LogP contribution in [0.2, 0.25) is 0 Å². The molecule has 1 atom stereocenters. The quantitative estimate of drug-likeness (QED) is 0.621. The van der Waals surface area contributed by atoms with E-state index in [1.54, 1.807) is 12.1 Å². The lowest BCUT2D eigenvalue weighted by Gasteiger charge is -2.19. The number of carbonyl (C=O) groups excluding carboxylic acids is 3. The van der Waals surface area contributed by atoms with Gasteiger partial charge in [0.05, 0.1) is 12.0 Å². The van der Waals surface area contributed by atoms with Gasteiger partial charge in [-0.1, -0.05) is 17.7 Å². The Morgan fingerprint density at radius 3 is 2.73 bits per heavy atom. The molecule has 2 aromatic rings. The maximum Gasteiger partial charge on any atom is 0.344 e. The number of furan rings is 1. The number of urea groups is 1. The molecule has 136 valence electrons. The standard InChI is InChI=1S/C18H19N3O4S/c1-11-6-7-13(12(2)9-11)26-10-15(22)20-21-16(23)18(3,19-17(21)24)14-5-4-8-25-14/h4-9H,10H2,1-3H3,(H,19,24)(H,20,22)/t18-/m1/s1. The van der Waals surface area contributed by atoms with Gasteiger partial charge in [-0.05, 0) is 44.5 Å². The van der Waals surface area contributed by atoms with E-state index in [-0.39, 0.29) is 5.75 Å². The predicted octanol–water partition coefficient (Wildman–Crippen LogP) is 2.49. The third-order valence-corrected chi connectivity index (χ3v) is 5.31. The molecule has 8 heteroatoms. The van der Waals surface area contributed by atoms with Gasteiger partial charge in [0, 0.05) is 4.90 Å². The van der Waals surface area contributed by atoms with Crippen molar-refractivity contribution in [3.05, 3.63) is 53.5 Å². The highest BCUT2D eigenvalue weighted by molar-refractivity contribution is 8.00. The summed E-state index contributed by atoms with van der Waals surface area (Å²) in [5.74, 6) is -0.653. The van der Waals surface area contributed by atoms with Crippen LogP contribution in [0.25, 0.3) is 0 Å². The second kappa shape index (κ2) is 6.87. The Labute approximate surface area is 155 Å². The number of amides is 4. The molecular weight excluding hydrogens is 354 g/mol. The molecule has 2 N–H and O–H groups in total. The summed E-state index contributed by atoms with van der Waals surface area (Å²) in [7, 11) is 0. The molecule has 1 aliphatic rings. The van der Waals surface area contributed by atoms with Crippen molar-refractivity contribution >= 4 is 29.6 Å². The lowest BCUT2D eigenvalue weighted by atomic mass is 10.00. The van der Waals surface area contributed by atoms with Crippen LogP contribution < -0.4 is 10.7 Å². The monoisotopic (exact) mass is 373 g/mol. The van der Waals surface area contributed by atoms with Crippen molar-refractivity contribution in [2.75, 3.05) is 5.75 Å². The molecule has 1 aliphatic heterocycles. The fourth-order valence-corrected chi connectivity index (χ4v) is 3.53. The van der Waals surface area contributed by atoms with Crippen molar-refractivity contribution in [1.82, 2.24) is 15.8 Å². The van der Waals surface area contributed by atoms with Crippen molar-refractivity contribution in [2.45, 2.75) is 31.2 Å². The molecule has 0 saturated carbocycles. The summed E-state index contributed by atoms with van der Waals surface area (Å²) in [5, 5.41) is 3.25. The topological polar surface area (TPSA) is 91.7 Å². The van der Waals surface area contributed by atoms with Crippen molar-refractivity contribution in [1.29, 1.82) is 0 Å². The molecule has 2 heterocycles. The Morgan fingerprint density at radius 2 is 2.08 bits per heavy atom. The second-order valence-electron chi connectivity index (χ2n) is 6.27. The van der Waals surface area contributed by atoms with Gasteiger partial charge in [0.25, 0.3) is 5.91 Å². The minimum absolute atomic E-state index is 0.0818. The van der Waals surface area contributed by atoms with Gasteiger partial charge in [0.15, 0.2) is 5.54 Å². The SMILES string of the molecule is Cc1ccc(SCC(=O)NN2C(=O)N[C@](C)(c3ccco3)C2=O)c(C)c1. The van der Waals surface area contributed by atoms with Crippen molar-refractivity contribution in [3.8, 4) is 0 Å². The Bertz CT molecular complexity index is 865. The molecule has 3 rings (SSSR count). The fraction of sp³-hybridized carbons (Fsp3) is 0.278. The number of benzene rings is 1. The zero-order valence-electron chi connectivity index (χ0n) is 14.7. The van der Waals surface area contributed by atoms with E-state index in [9.17, 15) is 14.4 Å². The number of carbonyl (C=O) groups is 3. The van der Waals surface area contributed by atoms with E-state index in [1.165, 1.54) is 24.9 Å². The minimum atomic E-state index is -1.34. The second-order valence-corrected chi connectivity index (χ2v) is 7.28. The largest absolute Gasteiger partial charge is 0.466 e. The number of hydrazine groups is 1. The zero-order valence-corrected chi connectivity index (χ0v) is 15.5. The fourth-order valence-electron chi connectivity index (χ4n) is 2.73. The molecular formula is C18H19N3O4S. The number of hydrogen-bond acceptors (Lipinski definition) is 5. The number of hydrogen-bond donors (Lipinski definition) is 2. The maximum absolute atomic E-state index is 12.6. The molecule has 0 bridgehead atoms. The van der Waals surface area contributed by atoms with Crippen LogP contribution in [0.5, 0.6) is 0 Å². The van der Waals surface area contributed by atoms with E-state index in [2.05, 4.69) is 10.7 Å². The van der Waals surface area contributed by atoms with Crippen molar-refractivity contribution < 1.29 is 18.8 Å². The number of thioether (sulfide) groups is 1. The van der Waals surface area contributed by atoms with Gasteiger partial charge in [0.1, 0.15) is 5.76 Å². The molecule has 0 radical (unpaired) electrons. The summed E-state index contributed by atoms with van der Waals surface area (Å²) < 4.78 is 5.24. The van der Waals surface area contributed by atoms with E-state index in [1.807, 2.05) is 32.0 Å². The minimum Gasteiger partial charge on any atom is -0.466 e. The first kappa shape index (κ1) is 18.1. The Balaban J connectivity index is 1.64. The third-order valence-electron chi connectivity index (χ3n) is 4.13. The first-order chi connectivity index (χ1) is 12.3. The summed E-state index contributed by atoms with van der Waals surface area (Å²) in [4.78, 5) is 37.9. The predicted molar refractivity (Wildman–Crippen MR) is 96.2 cm³/mol. The third kappa shape index (κ3) is 3.32. The Kier molecular flexibility index (Phi) is 4.78. The van der Waals surface area contributed by atoms with Crippen LogP contribution in [-0.2, 0) is 15.1 Å². The molecule has 0 unspecified atom stereocenters. The van der Waals surface area contributed by atoms with Gasteiger partial charge >= 0.3 is 6.03 Å². The van der Waals surface area contributed by atoms with Crippen LogP contribution in [0.4, 0.5) is 4.79 Å². The molecule has 1 aromatic heterocycles. The van der Waals surface area contributed by atoms with E-state index in [4.69, 9.17) is 4.42 Å². The molecule has 1 fully saturated rings. The molecule has 0 aliphatic carbocycles. The first-order valence-electron chi connectivity index (χ1n) is 8.01. The molecule has 26 heavy (non-hydrogen) atoms. The highest BCUT2D eigenvalue weighted by Crippen LogP contribution is 2.28. The van der Waals surface area contributed by atoms with Gasteiger partial charge in [-0.25, -0.2) is 4.79 Å². The summed E-state index contributed by atoms with van der Waals surface area (Å²) in [6, 6.07) is 8.48. The Morgan fingerprint density at radius 1 is 1.31 bits per heavy atom. The summed E-state index contributed by atoms with van der Waals surface area (Å²) in [6.07, 6.45) is 1.42. The average molecular weight is 373 g/mol. The van der Waals surface area contributed by atoms with Crippen molar-refractivity contribution in [2.24, 2.45) is 0 Å². The van der Waals surface area contributed by atoms with E-state index >= 15 is 0 Å². The van der Waals surface area contributed by atoms with Crippen LogP contribution in [0.15, 0.2) is 45.9 Å². The van der Waals surface area contributed by atoms with Gasteiger partial charge in [-0.3, -0.25) is 15.0 Å². The van der Waals surface area contributed by atoms with Crippen molar-refractivity contribution in [3.63, 3.8) is 0 Å². The molecule has 4 amide bonds. The van der Waals surface area contributed by atoms with E-state index in [0.29, 0.717) is 10.8 Å². The lowest BCUT2D eigenvalue weighted by molar-refractivity contribution is -0.138. The number of nitrogens with one attached hydrogen (secondary N) is 2. The zero-order chi connectivity index (χ0) is 18.9. The molecule has 7 nitrogen and oxygen atoms in total. The highest BCUT2D eigenvalue weighted by Gasteiger charge is 2.51. The van der Waals surface area contributed by atoms with Crippen LogP contribution in [0, 0.1) is 13.8 Å². The number of imide groups is 1. The van der Waals surface area contributed by atoms with Crippen LogP contribution >= 0.6 is 11.8 Å². The van der Waals surface area contributed by atoms with Gasteiger partial charge in [-0.15, -0.1) is 11.8 Å². The summed E-state index contributed by atoms with van der Waals surface area (Å²) in [6.45, 7) is 5.50. The number of aryl methyl sites for hydroxylation is 2. The highest BCUT2D eigenvalue weighted by atomic mass is 32.2. The number of nitrogens with zero attached hydrogens (tertiary/aromatic N) is 1. The molecule has 0 spiro atoms. The molecule has 1 saturated heterocycles. The van der Waals surface area contributed by atoms with Crippen LogP contribution in [0.1, 0.15) is 23.8 Å². The normalized spacial score (nSPS) is 19.6. The van der Waals surface area contributed by atoms with Gasteiger partial charge in [0.2, 0.25) is 5.91 Å². The lowest BCUT2D eigenvalue weighted by Crippen LogP contribution is -2.48. The Hall–Kier alpha value is -2.74. The average Bonchev–Trinajstić information content (AvgIpc) is 3.19. The van der Waals surface area contributed by atoms with E-state index < -0.39 is 23.4 Å². The maximum atomic E-state index is 12.6. The number of rotatable bonds is 5. The first-order valence-corrected chi connectivity index (χ1v) is 9.00. The van der Waals surface area contributed by atoms with E-state index in [0.717, 1.165) is 16.0 Å². The van der Waals surface area contributed by atoms with Crippen LogP contribution in [0.3, 0.4) is 0 Å².